The smallest absolute Gasteiger partial charge is 0.260 e. The molecule has 0 heterocycles. The number of carbonyl (C=O) groups is 1. The van der Waals surface area contributed by atoms with Crippen LogP contribution in [0, 0.1) is 6.92 Å². The predicted octanol–water partition coefficient (Wildman–Crippen LogP) is 0.846. The van der Waals surface area contributed by atoms with Gasteiger partial charge in [0.1, 0.15) is 0 Å². The maximum Gasteiger partial charge on any atom is 0.260 e. The van der Waals surface area contributed by atoms with Crippen LogP contribution in [0.5, 0.6) is 11.5 Å². The summed E-state index contributed by atoms with van der Waals surface area (Å²) in [7, 11) is 1.57. The van der Waals surface area contributed by atoms with E-state index in [4.69, 9.17) is 15.2 Å². The molecule has 5 nitrogen and oxygen atoms in total. The summed E-state index contributed by atoms with van der Waals surface area (Å²) in [5.41, 5.74) is 6.39. The van der Waals surface area contributed by atoms with E-state index >= 15 is 0 Å². The van der Waals surface area contributed by atoms with Gasteiger partial charge >= 0.3 is 0 Å². The highest BCUT2D eigenvalue weighted by atomic mass is 16.5. The lowest BCUT2D eigenvalue weighted by molar-refractivity contribution is -0.127. The number of hydrogen-bond acceptors (Lipinski definition) is 4. The van der Waals surface area contributed by atoms with Crippen LogP contribution in [0.4, 0.5) is 0 Å². The summed E-state index contributed by atoms with van der Waals surface area (Å²) < 4.78 is 10.8. The molecule has 0 radical (unpaired) electrons. The first kappa shape index (κ1) is 14.3. The average Bonchev–Trinajstić information content (AvgIpc) is 2.37. The molecule has 3 N–H and O–H groups in total. The summed E-state index contributed by atoms with van der Waals surface area (Å²) in [6, 6.07) is 5.56. The first-order valence-corrected chi connectivity index (χ1v) is 5.87. The lowest BCUT2D eigenvalue weighted by atomic mass is 10.2. The molecule has 0 aliphatic heterocycles. The lowest BCUT2D eigenvalue weighted by Crippen LogP contribution is -2.38. The lowest BCUT2D eigenvalue weighted by Gasteiger charge is -2.16. The van der Waals surface area contributed by atoms with Gasteiger partial charge in [0.05, 0.1) is 7.11 Å². The van der Waals surface area contributed by atoms with Gasteiger partial charge in [-0.25, -0.2) is 0 Å². The molecule has 0 saturated carbocycles. The SMILES string of the molecule is COc1cc(C)ccc1OC(C)C(=O)NCCN. The van der Waals surface area contributed by atoms with Gasteiger partial charge in [0, 0.05) is 13.1 Å². The Morgan fingerprint density at radius 2 is 2.17 bits per heavy atom. The molecular weight excluding hydrogens is 232 g/mol. The average molecular weight is 252 g/mol. The number of methoxy groups -OCH3 is 1. The molecule has 1 amide bonds. The van der Waals surface area contributed by atoms with E-state index in [1.807, 2.05) is 19.1 Å². The summed E-state index contributed by atoms with van der Waals surface area (Å²) in [4.78, 5) is 11.6. The Morgan fingerprint density at radius 3 is 2.78 bits per heavy atom. The molecule has 1 unspecified atom stereocenters. The highest BCUT2D eigenvalue weighted by Gasteiger charge is 2.16. The second-order valence-electron chi connectivity index (χ2n) is 3.99. The molecule has 5 heteroatoms. The van der Waals surface area contributed by atoms with E-state index in [9.17, 15) is 4.79 Å². The molecule has 0 fully saturated rings. The number of carbonyl (C=O) groups excluding carboxylic acids is 1. The number of benzene rings is 1. The van der Waals surface area contributed by atoms with E-state index in [1.54, 1.807) is 20.1 Å². The predicted molar refractivity (Wildman–Crippen MR) is 69.9 cm³/mol. The van der Waals surface area contributed by atoms with E-state index < -0.39 is 6.10 Å². The van der Waals surface area contributed by atoms with Gasteiger partial charge in [0.25, 0.3) is 5.91 Å². The summed E-state index contributed by atoms with van der Waals surface area (Å²) in [5.74, 6) is 0.982. The van der Waals surface area contributed by atoms with Crippen LogP contribution in [0.1, 0.15) is 12.5 Å². The fourth-order valence-electron chi connectivity index (χ4n) is 1.46. The van der Waals surface area contributed by atoms with Crippen LogP contribution in [0.2, 0.25) is 0 Å². The standard InChI is InChI=1S/C13H20N2O3/c1-9-4-5-11(12(8-9)17-3)18-10(2)13(16)15-7-6-14/h4-5,8,10H,6-7,14H2,1-3H3,(H,15,16). The van der Waals surface area contributed by atoms with Crippen molar-refractivity contribution in [2.75, 3.05) is 20.2 Å². The van der Waals surface area contributed by atoms with Crippen LogP contribution in [0.15, 0.2) is 18.2 Å². The van der Waals surface area contributed by atoms with Gasteiger partial charge < -0.3 is 20.5 Å². The van der Waals surface area contributed by atoms with Crippen molar-refractivity contribution in [3.8, 4) is 11.5 Å². The molecule has 0 aliphatic rings. The minimum Gasteiger partial charge on any atom is -0.493 e. The molecule has 1 atom stereocenters. The van der Waals surface area contributed by atoms with Crippen molar-refractivity contribution < 1.29 is 14.3 Å². The van der Waals surface area contributed by atoms with Gasteiger partial charge in [-0.15, -0.1) is 0 Å². The largest absolute Gasteiger partial charge is 0.493 e. The summed E-state index contributed by atoms with van der Waals surface area (Å²) >= 11 is 0. The number of ether oxygens (including phenoxy) is 2. The first-order valence-electron chi connectivity index (χ1n) is 5.87. The number of rotatable bonds is 6. The van der Waals surface area contributed by atoms with E-state index in [2.05, 4.69) is 5.32 Å². The second-order valence-corrected chi connectivity index (χ2v) is 3.99. The van der Waals surface area contributed by atoms with Crippen LogP contribution in [0.3, 0.4) is 0 Å². The number of hydrogen-bond donors (Lipinski definition) is 2. The fraction of sp³-hybridized carbons (Fsp3) is 0.462. The van der Waals surface area contributed by atoms with Crippen molar-refractivity contribution in [2.45, 2.75) is 20.0 Å². The number of aryl methyl sites for hydroxylation is 1. The van der Waals surface area contributed by atoms with Crippen molar-refractivity contribution in [3.63, 3.8) is 0 Å². The molecule has 18 heavy (non-hydrogen) atoms. The van der Waals surface area contributed by atoms with Crippen LogP contribution in [-0.2, 0) is 4.79 Å². The maximum atomic E-state index is 11.6. The highest BCUT2D eigenvalue weighted by Crippen LogP contribution is 2.28. The number of nitrogens with two attached hydrogens (primary N) is 1. The first-order chi connectivity index (χ1) is 8.58. The highest BCUT2D eigenvalue weighted by molar-refractivity contribution is 5.80. The van der Waals surface area contributed by atoms with Crippen LogP contribution >= 0.6 is 0 Å². The van der Waals surface area contributed by atoms with E-state index in [1.165, 1.54) is 0 Å². The van der Waals surface area contributed by atoms with Crippen molar-refractivity contribution in [2.24, 2.45) is 5.73 Å². The molecule has 1 aromatic rings. The molecule has 1 aromatic carbocycles. The Bertz CT molecular complexity index is 407. The normalized spacial score (nSPS) is 11.8. The van der Waals surface area contributed by atoms with Crippen molar-refractivity contribution in [3.05, 3.63) is 23.8 Å². The van der Waals surface area contributed by atoms with E-state index in [0.717, 1.165) is 5.56 Å². The maximum absolute atomic E-state index is 11.6. The van der Waals surface area contributed by atoms with Gasteiger partial charge in [0.2, 0.25) is 0 Å². The van der Waals surface area contributed by atoms with Crippen molar-refractivity contribution in [1.82, 2.24) is 5.32 Å². The Balaban J connectivity index is 2.69. The Kier molecular flexibility index (Phi) is 5.45. The van der Waals surface area contributed by atoms with Gasteiger partial charge in [-0.1, -0.05) is 6.07 Å². The van der Waals surface area contributed by atoms with Crippen LogP contribution in [0.25, 0.3) is 0 Å². The minimum atomic E-state index is -0.590. The molecule has 0 saturated heterocycles. The fourth-order valence-corrected chi connectivity index (χ4v) is 1.46. The topological polar surface area (TPSA) is 73.6 Å². The zero-order valence-corrected chi connectivity index (χ0v) is 11.0. The molecule has 1 rings (SSSR count). The van der Waals surface area contributed by atoms with Gasteiger partial charge in [0.15, 0.2) is 17.6 Å². The minimum absolute atomic E-state index is 0.192. The molecule has 100 valence electrons. The van der Waals surface area contributed by atoms with E-state index in [-0.39, 0.29) is 5.91 Å². The van der Waals surface area contributed by atoms with Crippen LogP contribution in [-0.4, -0.2) is 32.2 Å². The third-order valence-electron chi connectivity index (χ3n) is 2.44. The zero-order valence-electron chi connectivity index (χ0n) is 11.0. The van der Waals surface area contributed by atoms with E-state index in [0.29, 0.717) is 24.6 Å². The Morgan fingerprint density at radius 1 is 1.44 bits per heavy atom. The quantitative estimate of drug-likeness (QED) is 0.787. The third-order valence-corrected chi connectivity index (χ3v) is 2.44. The van der Waals surface area contributed by atoms with Crippen LogP contribution < -0.4 is 20.5 Å². The molecule has 0 aromatic heterocycles. The van der Waals surface area contributed by atoms with Gasteiger partial charge in [-0.3, -0.25) is 4.79 Å². The Labute approximate surface area is 107 Å². The molecule has 0 aliphatic carbocycles. The Hall–Kier alpha value is -1.75. The number of amides is 1. The third kappa shape index (κ3) is 3.92. The number of nitrogens with one attached hydrogen (secondary N) is 1. The molecule has 0 spiro atoms. The summed E-state index contributed by atoms with van der Waals surface area (Å²) in [5, 5.41) is 2.67. The van der Waals surface area contributed by atoms with Crippen molar-refractivity contribution in [1.29, 1.82) is 0 Å². The van der Waals surface area contributed by atoms with Gasteiger partial charge in [-0.05, 0) is 31.5 Å². The molecule has 0 bridgehead atoms. The zero-order chi connectivity index (χ0) is 13.5. The summed E-state index contributed by atoms with van der Waals surface area (Å²) in [6.07, 6.45) is -0.590. The monoisotopic (exact) mass is 252 g/mol. The summed E-state index contributed by atoms with van der Waals surface area (Å²) in [6.45, 7) is 4.50. The second kappa shape index (κ2) is 6.86. The molecular formula is C13H20N2O3. The van der Waals surface area contributed by atoms with Crippen molar-refractivity contribution >= 4 is 5.91 Å². The van der Waals surface area contributed by atoms with Gasteiger partial charge in [-0.2, -0.15) is 0 Å².